The molecule has 2 heterocycles. The van der Waals surface area contributed by atoms with E-state index in [1.54, 1.807) is 0 Å². The Morgan fingerprint density at radius 2 is 2.12 bits per heavy atom. The fourth-order valence-corrected chi connectivity index (χ4v) is 1.21. The summed E-state index contributed by atoms with van der Waals surface area (Å²) in [5.41, 5.74) is 6.59. The van der Waals surface area contributed by atoms with Crippen molar-refractivity contribution < 1.29 is 0 Å². The lowest BCUT2D eigenvalue weighted by Gasteiger charge is -2.18. The molecule has 3 N–H and O–H groups in total. The van der Waals surface area contributed by atoms with Gasteiger partial charge in [-0.15, -0.1) is 0 Å². The van der Waals surface area contributed by atoms with E-state index in [0.29, 0.717) is 5.66 Å². The van der Waals surface area contributed by atoms with Crippen LogP contribution >= 0.6 is 0 Å². The second-order valence-electron chi connectivity index (χ2n) is 2.61. The van der Waals surface area contributed by atoms with Crippen molar-refractivity contribution in [3.8, 4) is 0 Å². The maximum absolute atomic E-state index is 3.31. The van der Waals surface area contributed by atoms with E-state index in [4.69, 9.17) is 0 Å². The van der Waals surface area contributed by atoms with Gasteiger partial charge in [-0.3, -0.25) is 0 Å². The third-order valence-electron chi connectivity index (χ3n) is 1.86. The molecule has 0 aliphatic carbocycles. The van der Waals surface area contributed by atoms with E-state index in [0.717, 1.165) is 6.54 Å². The molecule has 2 aliphatic rings. The van der Waals surface area contributed by atoms with E-state index in [9.17, 15) is 0 Å². The maximum Gasteiger partial charge on any atom is 0.107 e. The summed E-state index contributed by atoms with van der Waals surface area (Å²) < 4.78 is 0. The average Bonchev–Trinajstić information content (AvgIpc) is 2.52. The van der Waals surface area contributed by atoms with Crippen LogP contribution in [-0.2, 0) is 0 Å². The molecular weight excluding hydrogens is 102 g/mol. The Morgan fingerprint density at radius 3 is 2.50 bits per heavy atom. The predicted molar refractivity (Wildman–Crippen MR) is 31.1 cm³/mol. The minimum atomic E-state index is 0.318. The average molecular weight is 113 g/mol. The normalized spacial score (nSPS) is 33.0. The van der Waals surface area contributed by atoms with Crippen LogP contribution in [0.5, 0.6) is 0 Å². The maximum atomic E-state index is 3.31. The summed E-state index contributed by atoms with van der Waals surface area (Å²) in [5.74, 6) is 0. The third-order valence-corrected chi connectivity index (χ3v) is 1.86. The third kappa shape index (κ3) is 0.632. The molecule has 2 saturated heterocycles. The molecule has 2 fully saturated rings. The van der Waals surface area contributed by atoms with Gasteiger partial charge in [0.05, 0.1) is 0 Å². The molecule has 2 rings (SSSR count). The van der Waals surface area contributed by atoms with Crippen LogP contribution in [0.4, 0.5) is 0 Å². The van der Waals surface area contributed by atoms with Gasteiger partial charge in [-0.25, -0.2) is 10.9 Å². The van der Waals surface area contributed by atoms with Crippen LogP contribution in [0.2, 0.25) is 0 Å². The first-order chi connectivity index (χ1) is 3.91. The van der Waals surface area contributed by atoms with Crippen molar-refractivity contribution in [1.29, 1.82) is 0 Å². The number of hydrogen-bond acceptors (Lipinski definition) is 3. The quantitative estimate of drug-likeness (QED) is 0.359. The molecule has 46 valence electrons. The van der Waals surface area contributed by atoms with Crippen molar-refractivity contribution >= 4 is 0 Å². The Labute approximate surface area is 48.8 Å². The summed E-state index contributed by atoms with van der Waals surface area (Å²) in [6.07, 6.45) is 2.57. The van der Waals surface area contributed by atoms with Crippen molar-refractivity contribution in [2.24, 2.45) is 0 Å². The van der Waals surface area contributed by atoms with Gasteiger partial charge in [0.1, 0.15) is 5.66 Å². The van der Waals surface area contributed by atoms with Crippen LogP contribution < -0.4 is 16.2 Å². The van der Waals surface area contributed by atoms with Crippen LogP contribution in [0.3, 0.4) is 0 Å². The van der Waals surface area contributed by atoms with Crippen molar-refractivity contribution in [3.63, 3.8) is 0 Å². The van der Waals surface area contributed by atoms with E-state index in [-0.39, 0.29) is 0 Å². The molecule has 0 aromatic heterocycles. The first-order valence-corrected chi connectivity index (χ1v) is 3.16. The Hall–Kier alpha value is -0.120. The molecule has 3 nitrogen and oxygen atoms in total. The highest BCUT2D eigenvalue weighted by atomic mass is 15.7. The summed E-state index contributed by atoms with van der Waals surface area (Å²) >= 11 is 0. The summed E-state index contributed by atoms with van der Waals surface area (Å²) in [4.78, 5) is 0. The molecule has 0 amide bonds. The zero-order valence-electron chi connectivity index (χ0n) is 4.83. The Kier molecular flexibility index (Phi) is 0.848. The Morgan fingerprint density at radius 1 is 1.25 bits per heavy atom. The van der Waals surface area contributed by atoms with E-state index < -0.39 is 0 Å². The molecule has 0 atom stereocenters. The summed E-state index contributed by atoms with van der Waals surface area (Å²) in [7, 11) is 0. The molecule has 3 heteroatoms. The van der Waals surface area contributed by atoms with Crippen LogP contribution in [0.25, 0.3) is 0 Å². The minimum absolute atomic E-state index is 0.318. The number of hydrogen-bond donors (Lipinski definition) is 3. The number of piperidine rings is 1. The summed E-state index contributed by atoms with van der Waals surface area (Å²) in [6.45, 7) is 2.28. The minimum Gasteiger partial charge on any atom is -0.313 e. The van der Waals surface area contributed by atoms with Gasteiger partial charge in [0.2, 0.25) is 0 Å². The van der Waals surface area contributed by atoms with Crippen LogP contribution in [0, 0.1) is 0 Å². The largest absolute Gasteiger partial charge is 0.313 e. The SMILES string of the molecule is C1CNCC2(C1)NN2. The fraction of sp³-hybridized carbons (Fsp3) is 1.00. The Balaban J connectivity index is 1.95. The molecule has 0 bridgehead atoms. The van der Waals surface area contributed by atoms with Crippen LogP contribution in [-0.4, -0.2) is 18.8 Å². The standard InChI is InChI=1S/C5H11N3/c1-2-5(7-8-5)4-6-3-1/h6-8H,1-4H2. The van der Waals surface area contributed by atoms with E-state index in [1.165, 1.54) is 19.4 Å². The molecule has 8 heavy (non-hydrogen) atoms. The van der Waals surface area contributed by atoms with Gasteiger partial charge in [-0.05, 0) is 19.4 Å². The van der Waals surface area contributed by atoms with Gasteiger partial charge in [0.15, 0.2) is 0 Å². The lowest BCUT2D eigenvalue weighted by molar-refractivity contribution is 0.418. The van der Waals surface area contributed by atoms with Gasteiger partial charge >= 0.3 is 0 Å². The molecule has 0 radical (unpaired) electrons. The molecule has 0 aromatic carbocycles. The van der Waals surface area contributed by atoms with Gasteiger partial charge < -0.3 is 5.32 Å². The highest BCUT2D eigenvalue weighted by molar-refractivity contribution is 4.98. The number of hydrazine groups is 1. The molecule has 0 saturated carbocycles. The second kappa shape index (κ2) is 1.43. The van der Waals surface area contributed by atoms with Crippen molar-refractivity contribution in [3.05, 3.63) is 0 Å². The van der Waals surface area contributed by atoms with Crippen LogP contribution in [0.15, 0.2) is 0 Å². The first-order valence-electron chi connectivity index (χ1n) is 3.16. The Bertz CT molecular complexity index is 89.8. The van der Waals surface area contributed by atoms with Crippen molar-refractivity contribution in [1.82, 2.24) is 16.2 Å². The molecule has 2 aliphatic heterocycles. The fourth-order valence-electron chi connectivity index (χ4n) is 1.21. The van der Waals surface area contributed by atoms with Gasteiger partial charge in [-0.2, -0.15) is 0 Å². The van der Waals surface area contributed by atoms with Crippen LogP contribution in [0.1, 0.15) is 12.8 Å². The molecule has 1 spiro atoms. The topological polar surface area (TPSA) is 55.9 Å². The molecular formula is C5H11N3. The zero-order valence-corrected chi connectivity index (χ0v) is 4.83. The second-order valence-corrected chi connectivity index (χ2v) is 2.61. The number of nitrogens with one attached hydrogen (secondary N) is 3. The van der Waals surface area contributed by atoms with Gasteiger partial charge in [0, 0.05) is 6.54 Å². The molecule has 0 aromatic rings. The smallest absolute Gasteiger partial charge is 0.107 e. The lowest BCUT2D eigenvalue weighted by atomic mass is 10.1. The monoisotopic (exact) mass is 113 g/mol. The summed E-state index contributed by atoms with van der Waals surface area (Å²) in [6, 6.07) is 0. The highest BCUT2D eigenvalue weighted by Crippen LogP contribution is 2.18. The first kappa shape index (κ1) is 4.73. The van der Waals surface area contributed by atoms with Gasteiger partial charge in [0.25, 0.3) is 0 Å². The van der Waals surface area contributed by atoms with E-state index in [1.807, 2.05) is 0 Å². The molecule has 0 unspecified atom stereocenters. The van der Waals surface area contributed by atoms with Gasteiger partial charge in [-0.1, -0.05) is 0 Å². The number of rotatable bonds is 0. The lowest BCUT2D eigenvalue weighted by Crippen LogP contribution is -2.39. The highest BCUT2D eigenvalue weighted by Gasteiger charge is 2.42. The van der Waals surface area contributed by atoms with Crippen molar-refractivity contribution in [2.75, 3.05) is 13.1 Å². The van der Waals surface area contributed by atoms with E-state index in [2.05, 4.69) is 16.2 Å². The zero-order chi connectivity index (χ0) is 5.45. The predicted octanol–water partition coefficient (Wildman–Crippen LogP) is -0.826. The van der Waals surface area contributed by atoms with E-state index >= 15 is 0 Å². The van der Waals surface area contributed by atoms with Crippen molar-refractivity contribution in [2.45, 2.75) is 18.5 Å². The summed E-state index contributed by atoms with van der Waals surface area (Å²) in [5, 5.41) is 3.31.